The minimum atomic E-state index is 0.238. The Morgan fingerprint density at radius 1 is 1.38 bits per heavy atom. The Bertz CT molecular complexity index is 249. The predicted molar refractivity (Wildman–Crippen MR) is 67.3 cm³/mol. The Morgan fingerprint density at radius 2 is 1.88 bits per heavy atom. The summed E-state index contributed by atoms with van der Waals surface area (Å²) in [7, 11) is 1.88. The number of carbonyl (C=O) groups is 1. The molecule has 3 heteroatoms. The molecule has 1 aliphatic heterocycles. The van der Waals surface area contributed by atoms with E-state index in [0.29, 0.717) is 18.0 Å². The topological polar surface area (TPSA) is 23.6 Å². The van der Waals surface area contributed by atoms with Gasteiger partial charge in [-0.15, -0.1) is 0 Å². The van der Waals surface area contributed by atoms with E-state index in [1.807, 2.05) is 25.8 Å². The first-order valence-electron chi connectivity index (χ1n) is 6.20. The minimum absolute atomic E-state index is 0.238. The molecule has 3 nitrogen and oxygen atoms in total. The number of amides is 1. The second kappa shape index (κ2) is 4.74. The highest BCUT2D eigenvalue weighted by molar-refractivity contribution is 5.78. The molecule has 94 valence electrons. The summed E-state index contributed by atoms with van der Waals surface area (Å²) in [4.78, 5) is 15.9. The zero-order valence-corrected chi connectivity index (χ0v) is 11.6. The number of rotatable bonds is 3. The van der Waals surface area contributed by atoms with Crippen molar-refractivity contribution in [3.63, 3.8) is 0 Å². The summed E-state index contributed by atoms with van der Waals surface area (Å²) in [6, 6.07) is 0.298. The van der Waals surface area contributed by atoms with Crippen molar-refractivity contribution in [2.24, 2.45) is 11.3 Å². The molecule has 1 heterocycles. The van der Waals surface area contributed by atoms with Crippen molar-refractivity contribution in [1.29, 1.82) is 0 Å². The van der Waals surface area contributed by atoms with Gasteiger partial charge < -0.3 is 4.90 Å². The third-order valence-electron chi connectivity index (χ3n) is 3.71. The second-order valence-corrected chi connectivity index (χ2v) is 6.36. The average molecular weight is 226 g/mol. The highest BCUT2D eigenvalue weighted by Gasteiger charge is 2.36. The summed E-state index contributed by atoms with van der Waals surface area (Å²) in [5.41, 5.74) is 0.378. The summed E-state index contributed by atoms with van der Waals surface area (Å²) in [6.45, 7) is 13.6. The minimum Gasteiger partial charge on any atom is -0.342 e. The van der Waals surface area contributed by atoms with Crippen molar-refractivity contribution in [2.75, 3.05) is 26.7 Å². The molecule has 0 bridgehead atoms. The van der Waals surface area contributed by atoms with Crippen molar-refractivity contribution < 1.29 is 4.79 Å². The monoisotopic (exact) mass is 226 g/mol. The second-order valence-electron chi connectivity index (χ2n) is 6.36. The maximum atomic E-state index is 11.8. The summed E-state index contributed by atoms with van der Waals surface area (Å²) in [5.74, 6) is 0.979. The lowest BCUT2D eigenvalue weighted by atomic mass is 9.76. The molecule has 0 N–H and O–H groups in total. The fraction of sp³-hybridized carbons (Fsp3) is 0.923. The van der Waals surface area contributed by atoms with Crippen molar-refractivity contribution in [3.8, 4) is 0 Å². The van der Waals surface area contributed by atoms with Crippen LogP contribution in [0.5, 0.6) is 0 Å². The van der Waals surface area contributed by atoms with E-state index in [9.17, 15) is 4.79 Å². The van der Waals surface area contributed by atoms with Crippen LogP contribution >= 0.6 is 0 Å². The largest absolute Gasteiger partial charge is 0.342 e. The van der Waals surface area contributed by atoms with Gasteiger partial charge in [-0.25, -0.2) is 0 Å². The molecule has 0 unspecified atom stereocenters. The van der Waals surface area contributed by atoms with Crippen LogP contribution in [-0.2, 0) is 4.79 Å². The first-order chi connectivity index (χ1) is 7.21. The lowest BCUT2D eigenvalue weighted by Gasteiger charge is -2.46. The van der Waals surface area contributed by atoms with Gasteiger partial charge in [0.1, 0.15) is 0 Å². The average Bonchev–Trinajstić information content (AvgIpc) is 2.06. The van der Waals surface area contributed by atoms with Gasteiger partial charge in [0.2, 0.25) is 5.91 Å². The third-order valence-corrected chi connectivity index (χ3v) is 3.71. The van der Waals surface area contributed by atoms with E-state index in [1.165, 1.54) is 0 Å². The van der Waals surface area contributed by atoms with Gasteiger partial charge in [-0.2, -0.15) is 0 Å². The van der Waals surface area contributed by atoms with Crippen molar-refractivity contribution in [1.82, 2.24) is 9.80 Å². The Balaban J connectivity index is 2.30. The van der Waals surface area contributed by atoms with Crippen LogP contribution < -0.4 is 0 Å². The van der Waals surface area contributed by atoms with Gasteiger partial charge >= 0.3 is 0 Å². The van der Waals surface area contributed by atoms with Crippen molar-refractivity contribution in [3.05, 3.63) is 0 Å². The van der Waals surface area contributed by atoms with E-state index in [4.69, 9.17) is 0 Å². The molecule has 16 heavy (non-hydrogen) atoms. The Labute approximate surface area is 99.8 Å². The molecule has 1 fully saturated rings. The van der Waals surface area contributed by atoms with Crippen LogP contribution in [0.1, 0.15) is 34.6 Å². The van der Waals surface area contributed by atoms with E-state index in [-0.39, 0.29) is 5.91 Å². The Morgan fingerprint density at radius 3 is 2.25 bits per heavy atom. The van der Waals surface area contributed by atoms with Crippen molar-refractivity contribution >= 4 is 5.91 Å². The SMILES string of the molecule is CC(C)N(C)C(=O)CN1CC(C(C)(C)C)C1. The van der Waals surface area contributed by atoms with Gasteiger partial charge in [-0.3, -0.25) is 9.69 Å². The van der Waals surface area contributed by atoms with E-state index in [1.54, 1.807) is 0 Å². The normalized spacial score (nSPS) is 18.7. The molecule has 1 amide bonds. The number of likely N-dealkylation sites (tertiary alicyclic amines) is 1. The van der Waals surface area contributed by atoms with Crippen LogP contribution in [0.3, 0.4) is 0 Å². The van der Waals surface area contributed by atoms with Crippen LogP contribution in [0, 0.1) is 11.3 Å². The van der Waals surface area contributed by atoms with Gasteiger partial charge in [-0.1, -0.05) is 20.8 Å². The molecule has 0 aromatic heterocycles. The molecule has 0 saturated carbocycles. The molecule has 0 radical (unpaired) electrons. The van der Waals surface area contributed by atoms with Gasteiger partial charge in [0.15, 0.2) is 0 Å². The molecule has 0 aromatic rings. The van der Waals surface area contributed by atoms with Crippen LogP contribution in [0.4, 0.5) is 0 Å². The van der Waals surface area contributed by atoms with E-state index in [0.717, 1.165) is 19.0 Å². The molecule has 1 rings (SSSR count). The summed E-state index contributed by atoms with van der Waals surface area (Å²) in [6.07, 6.45) is 0. The standard InChI is InChI=1S/C13H26N2O/c1-10(2)14(6)12(16)9-15-7-11(8-15)13(3,4)5/h10-11H,7-9H2,1-6H3. The van der Waals surface area contributed by atoms with E-state index >= 15 is 0 Å². The smallest absolute Gasteiger partial charge is 0.236 e. The van der Waals surface area contributed by atoms with Crippen molar-refractivity contribution in [2.45, 2.75) is 40.7 Å². The summed E-state index contributed by atoms with van der Waals surface area (Å²) >= 11 is 0. The summed E-state index contributed by atoms with van der Waals surface area (Å²) < 4.78 is 0. The fourth-order valence-corrected chi connectivity index (χ4v) is 1.84. The van der Waals surface area contributed by atoms with Crippen LogP contribution in [0.25, 0.3) is 0 Å². The molecule has 0 atom stereocenters. The zero-order chi connectivity index (χ0) is 12.5. The van der Waals surface area contributed by atoms with Gasteiger partial charge in [0.05, 0.1) is 6.54 Å². The fourth-order valence-electron chi connectivity index (χ4n) is 1.84. The number of likely N-dealkylation sites (N-methyl/N-ethyl adjacent to an activating group) is 1. The number of nitrogens with zero attached hydrogens (tertiary/aromatic N) is 2. The van der Waals surface area contributed by atoms with Gasteiger partial charge in [-0.05, 0) is 25.2 Å². The van der Waals surface area contributed by atoms with Crippen LogP contribution in [0.2, 0.25) is 0 Å². The number of carbonyl (C=O) groups excluding carboxylic acids is 1. The van der Waals surface area contributed by atoms with Crippen LogP contribution in [0.15, 0.2) is 0 Å². The molecular weight excluding hydrogens is 200 g/mol. The summed E-state index contributed by atoms with van der Waals surface area (Å²) in [5, 5.41) is 0. The number of hydrogen-bond acceptors (Lipinski definition) is 2. The molecule has 1 aliphatic rings. The first kappa shape index (κ1) is 13.5. The van der Waals surface area contributed by atoms with Gasteiger partial charge in [0.25, 0.3) is 0 Å². The van der Waals surface area contributed by atoms with E-state index in [2.05, 4.69) is 25.7 Å². The molecule has 0 aliphatic carbocycles. The van der Waals surface area contributed by atoms with Crippen LogP contribution in [-0.4, -0.2) is 48.4 Å². The first-order valence-corrected chi connectivity index (χ1v) is 6.20. The maximum Gasteiger partial charge on any atom is 0.236 e. The highest BCUT2D eigenvalue weighted by Crippen LogP contribution is 2.33. The lowest BCUT2D eigenvalue weighted by molar-refractivity contribution is -0.135. The number of hydrogen-bond donors (Lipinski definition) is 0. The molecule has 0 spiro atoms. The van der Waals surface area contributed by atoms with Gasteiger partial charge in [0, 0.05) is 26.2 Å². The maximum absolute atomic E-state index is 11.8. The predicted octanol–water partition coefficient (Wildman–Crippen LogP) is 1.83. The molecule has 1 saturated heterocycles. The third kappa shape index (κ3) is 3.21. The van der Waals surface area contributed by atoms with E-state index < -0.39 is 0 Å². The highest BCUT2D eigenvalue weighted by atomic mass is 16.2. The molecular formula is C13H26N2O. The zero-order valence-electron chi connectivity index (χ0n) is 11.6. The Hall–Kier alpha value is -0.570. The molecule has 0 aromatic carbocycles. The quantitative estimate of drug-likeness (QED) is 0.733. The Kier molecular flexibility index (Phi) is 4.00. The lowest BCUT2D eigenvalue weighted by Crippen LogP contribution is -2.55.